The molecular weight excluding hydrogens is 379 g/mol. The van der Waals surface area contributed by atoms with E-state index in [1.54, 1.807) is 0 Å². The highest BCUT2D eigenvalue weighted by atomic mass is 19.1. The van der Waals surface area contributed by atoms with Crippen molar-refractivity contribution in [3.05, 3.63) is 66.0 Å². The lowest BCUT2D eigenvalue weighted by molar-refractivity contribution is 0.220. The third-order valence-corrected chi connectivity index (χ3v) is 6.25. The molecule has 30 heavy (non-hydrogen) atoms. The largest absolute Gasteiger partial charge is 0.371 e. The van der Waals surface area contributed by atoms with Crippen LogP contribution in [0, 0.1) is 11.7 Å². The Kier molecular flexibility index (Phi) is 6.84. The molecule has 2 atom stereocenters. The van der Waals surface area contributed by atoms with E-state index >= 15 is 0 Å². The first kappa shape index (κ1) is 20.7. The Bertz CT molecular complexity index is 808. The number of likely N-dealkylation sites (tertiary alicyclic amines) is 1. The van der Waals surface area contributed by atoms with Gasteiger partial charge in [0.15, 0.2) is 0 Å². The maximum atomic E-state index is 13.1. The van der Waals surface area contributed by atoms with Gasteiger partial charge in [-0.1, -0.05) is 30.3 Å². The fourth-order valence-corrected chi connectivity index (χ4v) is 4.56. The van der Waals surface area contributed by atoms with Crippen LogP contribution in [0.5, 0.6) is 0 Å². The van der Waals surface area contributed by atoms with Gasteiger partial charge in [-0.25, -0.2) is 9.18 Å². The summed E-state index contributed by atoms with van der Waals surface area (Å²) in [5.74, 6) is 0.194. The highest BCUT2D eigenvalue weighted by Crippen LogP contribution is 2.25. The van der Waals surface area contributed by atoms with Gasteiger partial charge in [-0.3, -0.25) is 4.90 Å². The molecule has 2 aromatic carbocycles. The van der Waals surface area contributed by atoms with Crippen LogP contribution in [0.4, 0.5) is 14.9 Å². The average Bonchev–Trinajstić information content (AvgIpc) is 3.46. The number of nitrogens with one attached hydrogen (secondary N) is 2. The number of amides is 2. The van der Waals surface area contributed by atoms with Crippen LogP contribution in [0.15, 0.2) is 54.6 Å². The minimum atomic E-state index is -0.212. The van der Waals surface area contributed by atoms with E-state index in [4.69, 9.17) is 0 Å². The van der Waals surface area contributed by atoms with Gasteiger partial charge in [-0.05, 0) is 68.1 Å². The lowest BCUT2D eigenvalue weighted by atomic mass is 10.1. The van der Waals surface area contributed by atoms with E-state index in [1.165, 1.54) is 30.5 Å². The van der Waals surface area contributed by atoms with Crippen molar-refractivity contribution in [2.24, 2.45) is 5.92 Å². The van der Waals surface area contributed by atoms with Gasteiger partial charge in [-0.2, -0.15) is 0 Å². The van der Waals surface area contributed by atoms with Gasteiger partial charge < -0.3 is 15.5 Å². The lowest BCUT2D eigenvalue weighted by Gasteiger charge is -2.28. The number of carbonyl (C=O) groups excluding carboxylic acids is 1. The van der Waals surface area contributed by atoms with Gasteiger partial charge >= 0.3 is 6.03 Å². The predicted octanol–water partition coefficient (Wildman–Crippen LogP) is 3.79. The monoisotopic (exact) mass is 410 g/mol. The summed E-state index contributed by atoms with van der Waals surface area (Å²) >= 11 is 0. The summed E-state index contributed by atoms with van der Waals surface area (Å²) in [6, 6.07) is 17.2. The molecule has 0 bridgehead atoms. The van der Waals surface area contributed by atoms with Crippen LogP contribution in [-0.2, 0) is 0 Å². The average molecular weight is 411 g/mol. The summed E-state index contributed by atoms with van der Waals surface area (Å²) in [7, 11) is 0. The Labute approximate surface area is 178 Å². The topological polar surface area (TPSA) is 47.6 Å². The van der Waals surface area contributed by atoms with E-state index in [0.717, 1.165) is 38.3 Å². The van der Waals surface area contributed by atoms with Crippen molar-refractivity contribution >= 4 is 11.7 Å². The smallest absolute Gasteiger partial charge is 0.314 e. The van der Waals surface area contributed by atoms with Crippen molar-refractivity contribution < 1.29 is 9.18 Å². The zero-order chi connectivity index (χ0) is 20.8. The molecule has 0 spiro atoms. The van der Waals surface area contributed by atoms with E-state index in [9.17, 15) is 9.18 Å². The minimum Gasteiger partial charge on any atom is -0.371 e. The molecule has 0 aromatic heterocycles. The van der Waals surface area contributed by atoms with Crippen molar-refractivity contribution in [2.45, 2.75) is 25.3 Å². The number of halogens is 1. The number of benzene rings is 2. The molecule has 2 aromatic rings. The molecule has 6 heteroatoms. The van der Waals surface area contributed by atoms with E-state index < -0.39 is 0 Å². The minimum absolute atomic E-state index is 0.102. The highest BCUT2D eigenvalue weighted by molar-refractivity contribution is 5.73. The SMILES string of the molecule is O=C(NC[C@@H]1CCN(c2ccc(F)cc2)C1)NC[C@@H](c1ccccc1)N1CCCC1. The first-order valence-corrected chi connectivity index (χ1v) is 11.0. The predicted molar refractivity (Wildman–Crippen MR) is 118 cm³/mol. The van der Waals surface area contributed by atoms with Gasteiger partial charge in [0.1, 0.15) is 5.82 Å². The molecule has 2 fully saturated rings. The Balaban J connectivity index is 1.24. The molecule has 2 aliphatic heterocycles. The molecule has 5 nitrogen and oxygen atoms in total. The van der Waals surface area contributed by atoms with Gasteiger partial charge in [0.25, 0.3) is 0 Å². The number of nitrogens with zero attached hydrogens (tertiary/aromatic N) is 2. The third-order valence-electron chi connectivity index (χ3n) is 6.25. The second kappa shape index (κ2) is 9.94. The molecule has 0 radical (unpaired) electrons. The van der Waals surface area contributed by atoms with Gasteiger partial charge in [0.05, 0.1) is 6.04 Å². The summed E-state index contributed by atoms with van der Waals surface area (Å²) in [4.78, 5) is 17.2. The zero-order valence-electron chi connectivity index (χ0n) is 17.4. The third kappa shape index (κ3) is 5.30. The van der Waals surface area contributed by atoms with Crippen molar-refractivity contribution in [1.82, 2.24) is 15.5 Å². The Morgan fingerprint density at radius 1 is 1.00 bits per heavy atom. The molecule has 4 rings (SSSR count). The Morgan fingerprint density at radius 2 is 1.73 bits per heavy atom. The zero-order valence-corrected chi connectivity index (χ0v) is 17.4. The Hall–Kier alpha value is -2.60. The molecule has 2 saturated heterocycles. The number of urea groups is 1. The molecular formula is C24H31FN4O. The first-order valence-electron chi connectivity index (χ1n) is 11.0. The number of rotatable bonds is 7. The number of hydrogen-bond donors (Lipinski definition) is 2. The Morgan fingerprint density at radius 3 is 2.47 bits per heavy atom. The number of hydrogen-bond acceptors (Lipinski definition) is 3. The first-order chi connectivity index (χ1) is 14.7. The fourth-order valence-electron chi connectivity index (χ4n) is 4.56. The molecule has 2 amide bonds. The van der Waals surface area contributed by atoms with Crippen LogP contribution < -0.4 is 15.5 Å². The summed E-state index contributed by atoms with van der Waals surface area (Å²) in [6.07, 6.45) is 3.47. The van der Waals surface area contributed by atoms with Crippen LogP contribution in [0.2, 0.25) is 0 Å². The maximum absolute atomic E-state index is 13.1. The quantitative estimate of drug-likeness (QED) is 0.730. The molecule has 0 aliphatic carbocycles. The van der Waals surface area contributed by atoms with E-state index in [2.05, 4.69) is 44.7 Å². The van der Waals surface area contributed by atoms with E-state index in [1.807, 2.05) is 18.2 Å². The van der Waals surface area contributed by atoms with Crippen LogP contribution in [0.3, 0.4) is 0 Å². The van der Waals surface area contributed by atoms with E-state index in [-0.39, 0.29) is 17.9 Å². The van der Waals surface area contributed by atoms with Crippen LogP contribution >= 0.6 is 0 Å². The molecule has 2 heterocycles. The fraction of sp³-hybridized carbons (Fsp3) is 0.458. The summed E-state index contributed by atoms with van der Waals surface area (Å²) in [5.41, 5.74) is 2.30. The highest BCUT2D eigenvalue weighted by Gasteiger charge is 2.25. The molecule has 2 N–H and O–H groups in total. The second-order valence-corrected chi connectivity index (χ2v) is 8.34. The summed E-state index contributed by atoms with van der Waals surface area (Å²) < 4.78 is 13.1. The molecule has 0 saturated carbocycles. The maximum Gasteiger partial charge on any atom is 0.314 e. The van der Waals surface area contributed by atoms with Crippen molar-refractivity contribution in [3.8, 4) is 0 Å². The summed E-state index contributed by atoms with van der Waals surface area (Å²) in [5, 5.41) is 6.13. The van der Waals surface area contributed by atoms with Crippen LogP contribution in [0.25, 0.3) is 0 Å². The standard InChI is InChI=1S/C24H31FN4O/c25-21-8-10-22(11-9-21)29-15-12-19(18-29)16-26-24(30)27-17-23(28-13-4-5-14-28)20-6-2-1-3-7-20/h1-3,6-11,19,23H,4-5,12-18H2,(H2,26,27,30)/t19-,23-/m0/s1. The van der Waals surface area contributed by atoms with Gasteiger partial charge in [0.2, 0.25) is 0 Å². The lowest BCUT2D eigenvalue weighted by Crippen LogP contribution is -2.43. The van der Waals surface area contributed by atoms with Crippen LogP contribution in [-0.4, -0.2) is 50.2 Å². The van der Waals surface area contributed by atoms with Gasteiger partial charge in [0, 0.05) is 31.9 Å². The van der Waals surface area contributed by atoms with Gasteiger partial charge in [-0.15, -0.1) is 0 Å². The molecule has 0 unspecified atom stereocenters. The summed E-state index contributed by atoms with van der Waals surface area (Å²) in [6.45, 7) is 5.26. The van der Waals surface area contributed by atoms with Crippen molar-refractivity contribution in [2.75, 3.05) is 44.2 Å². The van der Waals surface area contributed by atoms with Crippen molar-refractivity contribution in [1.29, 1.82) is 0 Å². The number of carbonyl (C=O) groups is 1. The normalized spacial score (nSPS) is 20.3. The molecule has 160 valence electrons. The molecule has 2 aliphatic rings. The van der Waals surface area contributed by atoms with Crippen LogP contribution in [0.1, 0.15) is 30.9 Å². The number of anilines is 1. The van der Waals surface area contributed by atoms with E-state index in [0.29, 0.717) is 19.0 Å². The van der Waals surface area contributed by atoms with Crippen molar-refractivity contribution in [3.63, 3.8) is 0 Å². The second-order valence-electron chi connectivity index (χ2n) is 8.34.